The van der Waals surface area contributed by atoms with Crippen LogP contribution < -0.4 is 5.32 Å². The van der Waals surface area contributed by atoms with Gasteiger partial charge < -0.3 is 5.32 Å². The van der Waals surface area contributed by atoms with Crippen molar-refractivity contribution in [1.82, 2.24) is 4.98 Å². The van der Waals surface area contributed by atoms with E-state index < -0.39 is 0 Å². The van der Waals surface area contributed by atoms with Crippen molar-refractivity contribution in [2.45, 2.75) is 51.4 Å². The van der Waals surface area contributed by atoms with E-state index in [1.165, 1.54) is 16.9 Å². The molecule has 1 N–H and O–H groups in total. The van der Waals surface area contributed by atoms with E-state index in [4.69, 9.17) is 0 Å². The quantitative estimate of drug-likeness (QED) is 0.911. The van der Waals surface area contributed by atoms with Crippen LogP contribution in [-0.2, 0) is 15.6 Å². The Kier molecular flexibility index (Phi) is 3.60. The van der Waals surface area contributed by atoms with Gasteiger partial charge in [0.25, 0.3) is 0 Å². The van der Waals surface area contributed by atoms with Gasteiger partial charge in [-0.1, -0.05) is 45.0 Å². The molecular weight excluding hydrogens is 292 g/mol. The van der Waals surface area contributed by atoms with E-state index in [9.17, 15) is 4.79 Å². The number of amides is 1. The van der Waals surface area contributed by atoms with Crippen molar-refractivity contribution in [3.8, 4) is 0 Å². The lowest BCUT2D eigenvalue weighted by molar-refractivity contribution is -0.118. The first-order valence-corrected chi connectivity index (χ1v) is 8.54. The Morgan fingerprint density at radius 2 is 1.86 bits per heavy atom. The number of aromatic nitrogens is 1. The van der Waals surface area contributed by atoms with Gasteiger partial charge in [0.2, 0.25) is 5.91 Å². The van der Waals surface area contributed by atoms with E-state index in [0.29, 0.717) is 5.13 Å². The summed E-state index contributed by atoms with van der Waals surface area (Å²) >= 11 is 1.48. The molecule has 1 aromatic heterocycles. The van der Waals surface area contributed by atoms with Crippen molar-refractivity contribution in [1.29, 1.82) is 0 Å². The van der Waals surface area contributed by atoms with E-state index in [1.54, 1.807) is 0 Å². The molecule has 1 amide bonds. The molecule has 1 aromatic carbocycles. The van der Waals surface area contributed by atoms with Crippen molar-refractivity contribution in [2.24, 2.45) is 0 Å². The third kappa shape index (κ3) is 2.80. The SMILES string of the molecule is Cc1csc(NC(=O)C2(c3ccc(C(C)(C)C)cc3)CC2)n1. The number of carbonyl (C=O) groups excluding carboxylic acids is 1. The zero-order valence-corrected chi connectivity index (χ0v) is 14.4. The Bertz CT molecular complexity index is 691. The Morgan fingerprint density at radius 3 is 2.32 bits per heavy atom. The first-order valence-electron chi connectivity index (χ1n) is 7.66. The van der Waals surface area contributed by atoms with Crippen LogP contribution >= 0.6 is 11.3 Å². The van der Waals surface area contributed by atoms with Crippen molar-refractivity contribution in [3.05, 3.63) is 46.5 Å². The van der Waals surface area contributed by atoms with Crippen molar-refractivity contribution in [2.75, 3.05) is 5.32 Å². The fourth-order valence-corrected chi connectivity index (χ4v) is 3.37. The Balaban J connectivity index is 1.79. The van der Waals surface area contributed by atoms with Crippen LogP contribution in [-0.4, -0.2) is 10.9 Å². The van der Waals surface area contributed by atoms with Gasteiger partial charge in [-0.25, -0.2) is 4.98 Å². The van der Waals surface area contributed by atoms with Gasteiger partial charge in [-0.3, -0.25) is 4.79 Å². The maximum atomic E-state index is 12.6. The van der Waals surface area contributed by atoms with E-state index in [1.807, 2.05) is 12.3 Å². The average molecular weight is 314 g/mol. The van der Waals surface area contributed by atoms with E-state index in [0.717, 1.165) is 24.1 Å². The van der Waals surface area contributed by atoms with E-state index >= 15 is 0 Å². The standard InChI is InChI=1S/C18H22N2OS/c1-12-11-22-16(19-12)20-15(21)18(9-10-18)14-7-5-13(6-8-14)17(2,3)4/h5-8,11H,9-10H2,1-4H3,(H,19,20,21). The number of anilines is 1. The third-order valence-electron chi connectivity index (χ3n) is 4.33. The molecule has 0 bridgehead atoms. The molecule has 0 radical (unpaired) electrons. The molecular formula is C18H22N2OS. The Morgan fingerprint density at radius 1 is 1.23 bits per heavy atom. The average Bonchev–Trinajstić information content (AvgIpc) is 3.17. The molecule has 22 heavy (non-hydrogen) atoms. The second-order valence-corrected chi connectivity index (χ2v) is 8.02. The van der Waals surface area contributed by atoms with Crippen molar-refractivity contribution >= 4 is 22.4 Å². The summed E-state index contributed by atoms with van der Waals surface area (Å²) in [5, 5.41) is 5.62. The van der Waals surface area contributed by atoms with Crippen LogP contribution in [0.4, 0.5) is 5.13 Å². The summed E-state index contributed by atoms with van der Waals surface area (Å²) in [6.07, 6.45) is 1.83. The van der Waals surface area contributed by atoms with Gasteiger partial charge in [-0.15, -0.1) is 11.3 Å². The fraction of sp³-hybridized carbons (Fsp3) is 0.444. The molecule has 4 heteroatoms. The minimum Gasteiger partial charge on any atom is -0.301 e. The molecule has 1 fully saturated rings. The lowest BCUT2D eigenvalue weighted by Crippen LogP contribution is -2.28. The highest BCUT2D eigenvalue weighted by atomic mass is 32.1. The molecule has 116 valence electrons. The largest absolute Gasteiger partial charge is 0.301 e. The molecule has 3 nitrogen and oxygen atoms in total. The third-order valence-corrected chi connectivity index (χ3v) is 5.20. The number of hydrogen-bond acceptors (Lipinski definition) is 3. The monoisotopic (exact) mass is 314 g/mol. The molecule has 0 atom stereocenters. The van der Waals surface area contributed by atoms with Crippen LogP contribution in [0.15, 0.2) is 29.6 Å². The van der Waals surface area contributed by atoms with Gasteiger partial charge >= 0.3 is 0 Å². The van der Waals surface area contributed by atoms with Gasteiger partial charge in [0.15, 0.2) is 5.13 Å². The highest BCUT2D eigenvalue weighted by Crippen LogP contribution is 2.49. The number of rotatable bonds is 3. The number of nitrogens with one attached hydrogen (secondary N) is 1. The van der Waals surface area contributed by atoms with E-state index in [-0.39, 0.29) is 16.7 Å². The molecule has 0 unspecified atom stereocenters. The Labute approximate surface area is 135 Å². The lowest BCUT2D eigenvalue weighted by atomic mass is 9.85. The zero-order valence-electron chi connectivity index (χ0n) is 13.6. The highest BCUT2D eigenvalue weighted by molar-refractivity contribution is 7.13. The lowest BCUT2D eigenvalue weighted by Gasteiger charge is -2.21. The molecule has 3 rings (SSSR count). The number of aryl methyl sites for hydroxylation is 1. The van der Waals surface area contributed by atoms with Gasteiger partial charge in [0.05, 0.1) is 11.1 Å². The maximum Gasteiger partial charge on any atom is 0.236 e. The van der Waals surface area contributed by atoms with Crippen molar-refractivity contribution in [3.63, 3.8) is 0 Å². The van der Waals surface area contributed by atoms with E-state index in [2.05, 4.69) is 55.3 Å². The highest BCUT2D eigenvalue weighted by Gasteiger charge is 2.51. The second-order valence-electron chi connectivity index (χ2n) is 7.16. The normalized spacial score (nSPS) is 16.4. The molecule has 1 saturated carbocycles. The molecule has 1 aliphatic carbocycles. The first-order chi connectivity index (χ1) is 10.3. The Hall–Kier alpha value is -1.68. The summed E-state index contributed by atoms with van der Waals surface area (Å²) < 4.78 is 0. The van der Waals surface area contributed by atoms with Gasteiger partial charge in [-0.05, 0) is 36.3 Å². The summed E-state index contributed by atoms with van der Waals surface area (Å²) in [5.41, 5.74) is 3.14. The molecule has 0 spiro atoms. The number of thiazole rings is 1. The number of nitrogens with zero attached hydrogens (tertiary/aromatic N) is 1. The molecule has 0 aliphatic heterocycles. The van der Waals surface area contributed by atoms with Gasteiger partial charge in [0.1, 0.15) is 0 Å². The number of benzene rings is 1. The maximum absolute atomic E-state index is 12.6. The predicted octanol–water partition coefficient (Wildman–Crippen LogP) is 4.42. The first kappa shape index (κ1) is 15.2. The summed E-state index contributed by atoms with van der Waals surface area (Å²) in [6, 6.07) is 8.52. The van der Waals surface area contributed by atoms with Crippen LogP contribution in [0.3, 0.4) is 0 Å². The summed E-state index contributed by atoms with van der Waals surface area (Å²) in [6.45, 7) is 8.54. The van der Waals surface area contributed by atoms with Crippen LogP contribution in [0, 0.1) is 6.92 Å². The van der Waals surface area contributed by atoms with Crippen LogP contribution in [0.5, 0.6) is 0 Å². The summed E-state index contributed by atoms with van der Waals surface area (Å²) in [7, 11) is 0. The summed E-state index contributed by atoms with van der Waals surface area (Å²) in [4.78, 5) is 17.0. The van der Waals surface area contributed by atoms with Crippen LogP contribution in [0.25, 0.3) is 0 Å². The van der Waals surface area contributed by atoms with Crippen molar-refractivity contribution < 1.29 is 4.79 Å². The van der Waals surface area contributed by atoms with Crippen LogP contribution in [0.1, 0.15) is 50.4 Å². The predicted molar refractivity (Wildman–Crippen MR) is 91.5 cm³/mol. The zero-order chi connectivity index (χ0) is 16.0. The summed E-state index contributed by atoms with van der Waals surface area (Å²) in [5.74, 6) is 0.0744. The fourth-order valence-electron chi connectivity index (χ4n) is 2.69. The smallest absolute Gasteiger partial charge is 0.236 e. The molecule has 1 aliphatic rings. The minimum atomic E-state index is -0.351. The van der Waals surface area contributed by atoms with Gasteiger partial charge in [-0.2, -0.15) is 0 Å². The molecule has 2 aromatic rings. The number of carbonyl (C=O) groups is 1. The van der Waals surface area contributed by atoms with Crippen LogP contribution in [0.2, 0.25) is 0 Å². The molecule has 1 heterocycles. The second kappa shape index (κ2) is 5.20. The molecule has 0 saturated heterocycles. The topological polar surface area (TPSA) is 42.0 Å². The number of hydrogen-bond donors (Lipinski definition) is 1. The van der Waals surface area contributed by atoms with Gasteiger partial charge in [0, 0.05) is 5.38 Å². The minimum absolute atomic E-state index is 0.0744.